The third kappa shape index (κ3) is 2.56. The fourth-order valence-corrected chi connectivity index (χ4v) is 3.19. The molecule has 0 amide bonds. The SMILES string of the molecule is COc1cc(C2CC(=O)c3cc4c(cc3O2)OCO4)cc(OC)c1OC. The van der Waals surface area contributed by atoms with E-state index in [1.807, 2.05) is 0 Å². The first-order chi connectivity index (χ1) is 12.6. The van der Waals surface area contributed by atoms with Crippen LogP contribution in [0.5, 0.6) is 34.5 Å². The number of carbonyl (C=O) groups is 1. The highest BCUT2D eigenvalue weighted by Gasteiger charge is 2.32. The number of benzene rings is 2. The number of ketones is 1. The van der Waals surface area contributed by atoms with Gasteiger partial charge in [0, 0.05) is 11.6 Å². The van der Waals surface area contributed by atoms with Crippen molar-refractivity contribution in [3.63, 3.8) is 0 Å². The molecule has 0 aliphatic carbocycles. The lowest BCUT2D eigenvalue weighted by Gasteiger charge is -2.26. The van der Waals surface area contributed by atoms with Crippen molar-refractivity contribution in [1.29, 1.82) is 0 Å². The summed E-state index contributed by atoms with van der Waals surface area (Å²) in [5.41, 5.74) is 1.26. The van der Waals surface area contributed by atoms with Gasteiger partial charge in [0.25, 0.3) is 0 Å². The van der Waals surface area contributed by atoms with Crippen LogP contribution >= 0.6 is 0 Å². The summed E-state index contributed by atoms with van der Waals surface area (Å²) in [6.45, 7) is 0.142. The quantitative estimate of drug-likeness (QED) is 0.831. The van der Waals surface area contributed by atoms with Crippen LogP contribution in [0.15, 0.2) is 24.3 Å². The molecule has 2 aromatic rings. The van der Waals surface area contributed by atoms with Crippen molar-refractivity contribution >= 4 is 5.78 Å². The minimum absolute atomic E-state index is 0.0247. The third-order valence-corrected chi connectivity index (χ3v) is 4.47. The molecule has 2 aliphatic rings. The average Bonchev–Trinajstić information content (AvgIpc) is 3.12. The van der Waals surface area contributed by atoms with E-state index in [-0.39, 0.29) is 19.0 Å². The van der Waals surface area contributed by atoms with Gasteiger partial charge in [0.2, 0.25) is 12.5 Å². The van der Waals surface area contributed by atoms with Crippen molar-refractivity contribution in [3.8, 4) is 34.5 Å². The van der Waals surface area contributed by atoms with Crippen LogP contribution < -0.4 is 28.4 Å². The van der Waals surface area contributed by atoms with Crippen LogP contribution in [0.25, 0.3) is 0 Å². The highest BCUT2D eigenvalue weighted by molar-refractivity contribution is 6.00. The Labute approximate surface area is 150 Å². The number of fused-ring (bicyclic) bond motifs is 2. The first-order valence-corrected chi connectivity index (χ1v) is 8.08. The van der Waals surface area contributed by atoms with Crippen LogP contribution in [-0.4, -0.2) is 33.9 Å². The molecule has 136 valence electrons. The van der Waals surface area contributed by atoms with Crippen molar-refractivity contribution in [2.75, 3.05) is 28.1 Å². The summed E-state index contributed by atoms with van der Waals surface area (Å²) in [6, 6.07) is 6.94. The second-order valence-electron chi connectivity index (χ2n) is 5.89. The van der Waals surface area contributed by atoms with E-state index in [4.69, 9.17) is 28.4 Å². The zero-order valence-corrected chi connectivity index (χ0v) is 14.7. The zero-order chi connectivity index (χ0) is 18.3. The molecule has 7 heteroatoms. The van der Waals surface area contributed by atoms with Gasteiger partial charge < -0.3 is 28.4 Å². The summed E-state index contributed by atoms with van der Waals surface area (Å²) < 4.78 is 32.9. The number of carbonyl (C=O) groups excluding carboxylic acids is 1. The van der Waals surface area contributed by atoms with Gasteiger partial charge in [0.1, 0.15) is 11.9 Å². The van der Waals surface area contributed by atoms with Gasteiger partial charge in [-0.25, -0.2) is 0 Å². The molecule has 2 heterocycles. The number of rotatable bonds is 4. The normalized spacial score (nSPS) is 17.3. The molecule has 26 heavy (non-hydrogen) atoms. The summed E-state index contributed by atoms with van der Waals surface area (Å²) in [7, 11) is 4.63. The van der Waals surface area contributed by atoms with Crippen molar-refractivity contribution in [2.24, 2.45) is 0 Å². The molecule has 0 bridgehead atoms. The maximum absolute atomic E-state index is 12.6. The molecule has 7 nitrogen and oxygen atoms in total. The van der Waals surface area contributed by atoms with Crippen molar-refractivity contribution < 1.29 is 33.2 Å². The van der Waals surface area contributed by atoms with Crippen molar-refractivity contribution in [1.82, 2.24) is 0 Å². The molecule has 0 spiro atoms. The number of hydrogen-bond donors (Lipinski definition) is 0. The number of Topliss-reactive ketones (excluding diaryl/α,β-unsaturated/α-hetero) is 1. The minimum atomic E-state index is -0.468. The average molecular weight is 358 g/mol. The number of hydrogen-bond acceptors (Lipinski definition) is 7. The van der Waals surface area contributed by atoms with Crippen LogP contribution in [-0.2, 0) is 0 Å². The molecule has 0 radical (unpaired) electrons. The Morgan fingerprint density at radius 2 is 1.54 bits per heavy atom. The van der Waals surface area contributed by atoms with Crippen LogP contribution in [0.4, 0.5) is 0 Å². The van der Waals surface area contributed by atoms with Gasteiger partial charge in [-0.2, -0.15) is 0 Å². The highest BCUT2D eigenvalue weighted by atomic mass is 16.7. The molecule has 0 fully saturated rings. The largest absolute Gasteiger partial charge is 0.493 e. The summed E-state index contributed by atoms with van der Waals surface area (Å²) in [6.07, 6.45) is -0.269. The van der Waals surface area contributed by atoms with E-state index < -0.39 is 6.10 Å². The Morgan fingerprint density at radius 1 is 0.885 bits per heavy atom. The highest BCUT2D eigenvalue weighted by Crippen LogP contribution is 2.46. The standard InChI is InChI=1S/C19H18O7/c1-21-17-4-10(5-18(22-2)19(17)23-3)13-7-12(20)11-6-15-16(25-9-24-15)8-14(11)26-13/h4-6,8,13H,7,9H2,1-3H3. The van der Waals surface area contributed by atoms with Crippen molar-refractivity contribution in [2.45, 2.75) is 12.5 Å². The Morgan fingerprint density at radius 3 is 2.15 bits per heavy atom. The molecular weight excluding hydrogens is 340 g/mol. The van der Waals surface area contributed by atoms with E-state index in [2.05, 4.69) is 0 Å². The summed E-state index contributed by atoms with van der Waals surface area (Å²) in [5, 5.41) is 0. The van der Waals surface area contributed by atoms with Gasteiger partial charge in [-0.15, -0.1) is 0 Å². The van der Waals surface area contributed by atoms with Gasteiger partial charge >= 0.3 is 0 Å². The molecule has 1 atom stereocenters. The number of ether oxygens (including phenoxy) is 6. The van der Waals surface area contributed by atoms with E-state index >= 15 is 0 Å². The fourth-order valence-electron chi connectivity index (χ4n) is 3.19. The molecule has 0 saturated carbocycles. The second kappa shape index (κ2) is 6.33. The Balaban J connectivity index is 1.73. The Hall–Kier alpha value is -3.09. The Bertz CT molecular complexity index is 849. The van der Waals surface area contributed by atoms with Crippen LogP contribution in [0.1, 0.15) is 28.4 Å². The Kier molecular flexibility index (Phi) is 3.99. The molecule has 1 unspecified atom stereocenters. The molecule has 0 N–H and O–H groups in total. The molecule has 4 rings (SSSR count). The van der Waals surface area contributed by atoms with Gasteiger partial charge in [-0.05, 0) is 18.2 Å². The minimum Gasteiger partial charge on any atom is -0.493 e. The lowest BCUT2D eigenvalue weighted by atomic mass is 9.95. The van der Waals surface area contributed by atoms with Crippen LogP contribution in [0, 0.1) is 0 Å². The maximum atomic E-state index is 12.6. The number of methoxy groups -OCH3 is 3. The third-order valence-electron chi connectivity index (χ3n) is 4.47. The van der Waals surface area contributed by atoms with Gasteiger partial charge in [0.15, 0.2) is 28.8 Å². The predicted octanol–water partition coefficient (Wildman–Crippen LogP) is 3.15. The molecule has 2 aromatic carbocycles. The zero-order valence-electron chi connectivity index (χ0n) is 14.7. The predicted molar refractivity (Wildman–Crippen MR) is 91.0 cm³/mol. The van der Waals surface area contributed by atoms with Crippen LogP contribution in [0.2, 0.25) is 0 Å². The van der Waals surface area contributed by atoms with Gasteiger partial charge in [-0.1, -0.05) is 0 Å². The first kappa shape index (κ1) is 16.4. The summed E-state index contributed by atoms with van der Waals surface area (Å²) in [5.74, 6) is 3.09. The van der Waals surface area contributed by atoms with E-state index in [0.29, 0.717) is 40.1 Å². The monoisotopic (exact) mass is 358 g/mol. The lowest BCUT2D eigenvalue weighted by molar-refractivity contribution is 0.0848. The topological polar surface area (TPSA) is 72.5 Å². The van der Waals surface area contributed by atoms with Gasteiger partial charge in [-0.3, -0.25) is 4.79 Å². The van der Waals surface area contributed by atoms with Crippen molar-refractivity contribution in [3.05, 3.63) is 35.4 Å². The second-order valence-corrected chi connectivity index (χ2v) is 5.89. The molecule has 2 aliphatic heterocycles. The van der Waals surface area contributed by atoms with E-state index in [1.165, 1.54) is 0 Å². The smallest absolute Gasteiger partial charge is 0.231 e. The van der Waals surface area contributed by atoms with E-state index in [0.717, 1.165) is 5.56 Å². The first-order valence-electron chi connectivity index (χ1n) is 8.08. The van der Waals surface area contributed by atoms with Gasteiger partial charge in [0.05, 0.1) is 33.3 Å². The lowest BCUT2D eigenvalue weighted by Crippen LogP contribution is -2.20. The molecule has 0 aromatic heterocycles. The van der Waals surface area contributed by atoms with Crippen LogP contribution in [0.3, 0.4) is 0 Å². The summed E-state index contributed by atoms with van der Waals surface area (Å²) in [4.78, 5) is 12.6. The molecule has 0 saturated heterocycles. The molecular formula is C19H18O7. The fraction of sp³-hybridized carbons (Fsp3) is 0.316. The summed E-state index contributed by atoms with van der Waals surface area (Å²) >= 11 is 0. The maximum Gasteiger partial charge on any atom is 0.231 e. The van der Waals surface area contributed by atoms with E-state index in [9.17, 15) is 4.79 Å². The van der Waals surface area contributed by atoms with E-state index in [1.54, 1.807) is 45.6 Å².